The van der Waals surface area contributed by atoms with Crippen LogP contribution in [0.2, 0.25) is 0 Å². The van der Waals surface area contributed by atoms with E-state index in [0.717, 1.165) is 5.56 Å². The van der Waals surface area contributed by atoms with Crippen LogP contribution in [0.5, 0.6) is 0 Å². The zero-order valence-electron chi connectivity index (χ0n) is 13.5. The molecule has 1 heterocycles. The molecule has 134 valence electrons. The van der Waals surface area contributed by atoms with E-state index in [4.69, 9.17) is 5.73 Å². The fourth-order valence-electron chi connectivity index (χ4n) is 2.42. The summed E-state index contributed by atoms with van der Waals surface area (Å²) in [6.45, 7) is 2.98. The van der Waals surface area contributed by atoms with Crippen molar-refractivity contribution in [3.8, 4) is 0 Å². The molecule has 7 nitrogen and oxygen atoms in total. The predicted molar refractivity (Wildman–Crippen MR) is 105 cm³/mol. The molecule has 1 saturated heterocycles. The molecule has 9 heteroatoms. The molecule has 1 aliphatic heterocycles. The van der Waals surface area contributed by atoms with E-state index in [1.54, 1.807) is 18.2 Å². The third-order valence-electron chi connectivity index (χ3n) is 3.55. The van der Waals surface area contributed by atoms with Crippen LogP contribution in [0.1, 0.15) is 29.3 Å². The second-order valence-electron chi connectivity index (χ2n) is 5.50. The van der Waals surface area contributed by atoms with Crippen LogP contribution in [0.25, 0.3) is 0 Å². The summed E-state index contributed by atoms with van der Waals surface area (Å²) >= 11 is 0. The smallest absolute Gasteiger partial charge is 0.248 e. The lowest BCUT2D eigenvalue weighted by atomic mass is 10.1. The van der Waals surface area contributed by atoms with Crippen molar-refractivity contribution in [1.82, 2.24) is 10.6 Å². The number of hydrogen-bond donors (Lipinski definition) is 3. The Kier molecular flexibility index (Phi) is 7.94. The standard InChI is InChI=1S/C15H22N4O3S.HI/c1-2-17-15(19-13-6-7-23(21,22)10-13)18-9-11-4-3-5-12(8-11)14(16)20;/h3-5,8,13H,2,6-7,9-10H2,1H3,(H2,16,20)(H2,17,18,19);1H. The second kappa shape index (κ2) is 9.21. The number of nitrogens with two attached hydrogens (primary N) is 1. The van der Waals surface area contributed by atoms with Crippen LogP contribution in [0.3, 0.4) is 0 Å². The van der Waals surface area contributed by atoms with Gasteiger partial charge < -0.3 is 16.4 Å². The van der Waals surface area contributed by atoms with Crippen LogP contribution in [0, 0.1) is 0 Å². The van der Waals surface area contributed by atoms with Crippen molar-refractivity contribution in [2.75, 3.05) is 18.1 Å². The summed E-state index contributed by atoms with van der Waals surface area (Å²) in [4.78, 5) is 15.6. The Labute approximate surface area is 159 Å². The molecule has 1 unspecified atom stereocenters. The lowest BCUT2D eigenvalue weighted by molar-refractivity contribution is 0.1000. The van der Waals surface area contributed by atoms with E-state index in [1.165, 1.54) is 0 Å². The maximum atomic E-state index is 11.5. The third kappa shape index (κ3) is 6.27. The Morgan fingerprint density at radius 3 is 2.75 bits per heavy atom. The number of primary amides is 1. The van der Waals surface area contributed by atoms with Gasteiger partial charge in [-0.2, -0.15) is 0 Å². The molecular formula is C15H23IN4O3S. The number of nitrogens with one attached hydrogen (secondary N) is 2. The van der Waals surface area contributed by atoms with E-state index in [1.807, 2.05) is 13.0 Å². The van der Waals surface area contributed by atoms with Crippen LogP contribution < -0.4 is 16.4 Å². The molecule has 1 fully saturated rings. The number of hydrogen-bond acceptors (Lipinski definition) is 4. The third-order valence-corrected chi connectivity index (χ3v) is 5.32. The van der Waals surface area contributed by atoms with Gasteiger partial charge in [-0.1, -0.05) is 12.1 Å². The van der Waals surface area contributed by atoms with E-state index < -0.39 is 15.7 Å². The van der Waals surface area contributed by atoms with Gasteiger partial charge in [0, 0.05) is 18.2 Å². The van der Waals surface area contributed by atoms with Gasteiger partial charge in [0.15, 0.2) is 15.8 Å². The molecule has 0 radical (unpaired) electrons. The number of guanidine groups is 1. The highest BCUT2D eigenvalue weighted by Gasteiger charge is 2.28. The quantitative estimate of drug-likeness (QED) is 0.335. The van der Waals surface area contributed by atoms with Gasteiger partial charge in [-0.3, -0.25) is 4.79 Å². The Morgan fingerprint density at radius 1 is 1.42 bits per heavy atom. The van der Waals surface area contributed by atoms with Gasteiger partial charge in [0.05, 0.1) is 18.1 Å². The Bertz CT molecular complexity index is 706. The van der Waals surface area contributed by atoms with Crippen LogP contribution in [-0.2, 0) is 16.4 Å². The summed E-state index contributed by atoms with van der Waals surface area (Å²) in [5.74, 6) is 0.440. The lowest BCUT2D eigenvalue weighted by Crippen LogP contribution is -2.44. The predicted octanol–water partition coefficient (Wildman–Crippen LogP) is 0.646. The Balaban J connectivity index is 0.00000288. The topological polar surface area (TPSA) is 114 Å². The fourth-order valence-corrected chi connectivity index (χ4v) is 4.09. The Hall–Kier alpha value is -1.36. The molecule has 2 rings (SSSR count). The normalized spacial score (nSPS) is 19.4. The van der Waals surface area contributed by atoms with Crippen molar-refractivity contribution in [3.05, 3.63) is 35.4 Å². The van der Waals surface area contributed by atoms with Crippen molar-refractivity contribution in [2.24, 2.45) is 10.7 Å². The number of amides is 1. The highest BCUT2D eigenvalue weighted by molar-refractivity contribution is 14.0. The Morgan fingerprint density at radius 2 is 2.17 bits per heavy atom. The first-order valence-electron chi connectivity index (χ1n) is 7.53. The number of halogens is 1. The van der Waals surface area contributed by atoms with Crippen molar-refractivity contribution in [1.29, 1.82) is 0 Å². The van der Waals surface area contributed by atoms with E-state index in [-0.39, 0.29) is 41.5 Å². The summed E-state index contributed by atoms with van der Waals surface area (Å²) in [5, 5.41) is 6.25. The van der Waals surface area contributed by atoms with E-state index in [2.05, 4.69) is 15.6 Å². The van der Waals surface area contributed by atoms with Crippen molar-refractivity contribution < 1.29 is 13.2 Å². The maximum absolute atomic E-state index is 11.5. The summed E-state index contributed by atoms with van der Waals surface area (Å²) in [7, 11) is -2.93. The van der Waals surface area contributed by atoms with E-state index >= 15 is 0 Å². The average Bonchev–Trinajstić information content (AvgIpc) is 2.84. The van der Waals surface area contributed by atoms with Gasteiger partial charge in [0.2, 0.25) is 5.91 Å². The molecule has 4 N–H and O–H groups in total. The van der Waals surface area contributed by atoms with Crippen molar-refractivity contribution >= 4 is 45.7 Å². The zero-order valence-corrected chi connectivity index (χ0v) is 16.6. The molecule has 1 aromatic rings. The monoisotopic (exact) mass is 466 g/mol. The number of aliphatic imine (C=N–C) groups is 1. The first-order chi connectivity index (χ1) is 10.9. The first kappa shape index (κ1) is 20.7. The average molecular weight is 466 g/mol. The molecule has 24 heavy (non-hydrogen) atoms. The number of carbonyl (C=O) groups excluding carboxylic acids is 1. The molecule has 0 bridgehead atoms. The van der Waals surface area contributed by atoms with Gasteiger partial charge in [-0.15, -0.1) is 24.0 Å². The van der Waals surface area contributed by atoms with Gasteiger partial charge in [-0.05, 0) is 31.0 Å². The van der Waals surface area contributed by atoms with Crippen LogP contribution in [0.15, 0.2) is 29.3 Å². The minimum absolute atomic E-state index is 0. The highest BCUT2D eigenvalue weighted by atomic mass is 127. The number of nitrogens with zero attached hydrogens (tertiary/aromatic N) is 1. The molecule has 1 amide bonds. The molecule has 1 aromatic carbocycles. The largest absolute Gasteiger partial charge is 0.366 e. The number of benzene rings is 1. The number of rotatable bonds is 5. The lowest BCUT2D eigenvalue weighted by Gasteiger charge is -2.15. The van der Waals surface area contributed by atoms with Gasteiger partial charge >= 0.3 is 0 Å². The summed E-state index contributed by atoms with van der Waals surface area (Å²) in [6.07, 6.45) is 0.587. The fraction of sp³-hybridized carbons (Fsp3) is 0.467. The minimum atomic E-state index is -2.93. The van der Waals surface area contributed by atoms with E-state index in [9.17, 15) is 13.2 Å². The molecule has 0 aliphatic carbocycles. The summed E-state index contributed by atoms with van der Waals surface area (Å²) in [6, 6.07) is 6.86. The highest BCUT2D eigenvalue weighted by Crippen LogP contribution is 2.11. The second-order valence-corrected chi connectivity index (χ2v) is 7.73. The van der Waals surface area contributed by atoms with Crippen LogP contribution in [0.4, 0.5) is 0 Å². The molecule has 0 spiro atoms. The summed E-state index contributed by atoms with van der Waals surface area (Å²) < 4.78 is 23.0. The first-order valence-corrected chi connectivity index (χ1v) is 9.36. The molecule has 1 atom stereocenters. The van der Waals surface area contributed by atoms with Crippen molar-refractivity contribution in [3.63, 3.8) is 0 Å². The molecule has 0 aromatic heterocycles. The number of sulfone groups is 1. The van der Waals surface area contributed by atoms with E-state index in [0.29, 0.717) is 31.0 Å². The van der Waals surface area contributed by atoms with Crippen LogP contribution in [-0.4, -0.2) is 44.4 Å². The van der Waals surface area contributed by atoms with Gasteiger partial charge in [-0.25, -0.2) is 13.4 Å². The minimum Gasteiger partial charge on any atom is -0.366 e. The van der Waals surface area contributed by atoms with Gasteiger partial charge in [0.1, 0.15) is 0 Å². The van der Waals surface area contributed by atoms with Crippen LogP contribution >= 0.6 is 24.0 Å². The SMILES string of the molecule is CCNC(=NCc1cccc(C(N)=O)c1)NC1CCS(=O)(=O)C1.I. The molecule has 0 saturated carbocycles. The summed E-state index contributed by atoms with van der Waals surface area (Å²) in [5.41, 5.74) is 6.57. The zero-order chi connectivity index (χ0) is 16.9. The van der Waals surface area contributed by atoms with Gasteiger partial charge in [0.25, 0.3) is 0 Å². The van der Waals surface area contributed by atoms with Crippen molar-refractivity contribution in [2.45, 2.75) is 25.9 Å². The molecule has 1 aliphatic rings. The molecular weight excluding hydrogens is 443 g/mol. The maximum Gasteiger partial charge on any atom is 0.248 e. The number of carbonyl (C=O) groups is 1.